The van der Waals surface area contributed by atoms with Gasteiger partial charge in [-0.3, -0.25) is 4.79 Å². The van der Waals surface area contributed by atoms with E-state index in [1.54, 1.807) is 31.2 Å². The summed E-state index contributed by atoms with van der Waals surface area (Å²) in [6.45, 7) is 6.06. The molecule has 0 spiro atoms. The maximum atomic E-state index is 12.9. The molecule has 0 saturated heterocycles. The fourth-order valence-corrected chi connectivity index (χ4v) is 2.30. The Morgan fingerprint density at radius 3 is 2.25 bits per heavy atom. The average Bonchev–Trinajstić information content (AvgIpc) is 2.69. The molecule has 0 aliphatic heterocycles. The van der Waals surface area contributed by atoms with Gasteiger partial charge in [0.2, 0.25) is 0 Å². The van der Waals surface area contributed by atoms with Gasteiger partial charge in [0, 0.05) is 16.8 Å². The Morgan fingerprint density at radius 1 is 0.964 bits per heavy atom. The maximum Gasteiger partial charge on any atom is 0.333 e. The zero-order valence-electron chi connectivity index (χ0n) is 15.9. The van der Waals surface area contributed by atoms with Crippen molar-refractivity contribution in [1.29, 1.82) is 0 Å². The molecule has 2 aromatic carbocycles. The number of ether oxygens (including phenoxy) is 2. The number of carbonyl (C=O) groups is 2. The van der Waals surface area contributed by atoms with Gasteiger partial charge in [-0.25, -0.2) is 9.18 Å². The van der Waals surface area contributed by atoms with Gasteiger partial charge in [0.1, 0.15) is 11.6 Å². The van der Waals surface area contributed by atoms with Crippen molar-refractivity contribution in [3.63, 3.8) is 0 Å². The summed E-state index contributed by atoms with van der Waals surface area (Å²) < 4.78 is 23.6. The van der Waals surface area contributed by atoms with Crippen LogP contribution in [0, 0.1) is 5.82 Å². The number of hydrogen-bond acceptors (Lipinski definition) is 4. The van der Waals surface area contributed by atoms with E-state index in [1.807, 2.05) is 0 Å². The zero-order valence-corrected chi connectivity index (χ0v) is 15.9. The van der Waals surface area contributed by atoms with E-state index in [9.17, 15) is 14.0 Å². The third-order valence-corrected chi connectivity index (χ3v) is 3.86. The monoisotopic (exact) mass is 385 g/mol. The van der Waals surface area contributed by atoms with Crippen molar-refractivity contribution in [3.8, 4) is 5.75 Å². The van der Waals surface area contributed by atoms with Crippen molar-refractivity contribution in [1.82, 2.24) is 0 Å². The van der Waals surface area contributed by atoms with Gasteiger partial charge in [0.15, 0.2) is 0 Å². The molecule has 148 valence electrons. The molecule has 28 heavy (non-hydrogen) atoms. The molecule has 0 atom stereocenters. The Bertz CT molecular complexity index is 800. The quantitative estimate of drug-likeness (QED) is 0.364. The standard InChI is InChI=1S/C22H24FNO4/c1-16(2)22(26)28-15-5-3-4-14-27-20-12-6-17(7-13-20)21(25)24-19-10-8-18(23)9-11-19/h6-13H,1,3-5,14-15H2,2H3,(H,24,25). The number of halogens is 1. The molecule has 5 nitrogen and oxygen atoms in total. The Labute approximate surface area is 164 Å². The number of esters is 1. The number of benzene rings is 2. The number of nitrogens with one attached hydrogen (secondary N) is 1. The zero-order chi connectivity index (χ0) is 20.4. The van der Waals surface area contributed by atoms with Crippen LogP contribution in [0.3, 0.4) is 0 Å². The average molecular weight is 385 g/mol. The van der Waals surface area contributed by atoms with Crippen molar-refractivity contribution >= 4 is 17.6 Å². The number of anilines is 1. The van der Waals surface area contributed by atoms with Crippen molar-refractivity contribution in [2.24, 2.45) is 0 Å². The first kappa shape index (κ1) is 21.2. The SMILES string of the molecule is C=C(C)C(=O)OCCCCCOc1ccc(C(=O)Nc2ccc(F)cc2)cc1. The number of amides is 1. The number of hydrogen-bond donors (Lipinski definition) is 1. The summed E-state index contributed by atoms with van der Waals surface area (Å²) in [5.41, 5.74) is 1.41. The van der Waals surface area contributed by atoms with Crippen LogP contribution in [0.1, 0.15) is 36.5 Å². The molecule has 0 aliphatic rings. The molecule has 2 aromatic rings. The normalized spacial score (nSPS) is 10.2. The molecule has 0 aromatic heterocycles. The van der Waals surface area contributed by atoms with E-state index in [-0.39, 0.29) is 17.7 Å². The van der Waals surface area contributed by atoms with Crippen LogP contribution in [-0.2, 0) is 9.53 Å². The Balaban J connectivity index is 1.66. The van der Waals surface area contributed by atoms with Crippen molar-refractivity contribution in [3.05, 3.63) is 72.1 Å². The molecule has 1 N–H and O–H groups in total. The summed E-state index contributed by atoms with van der Waals surface area (Å²) >= 11 is 0. The van der Waals surface area contributed by atoms with Crippen LogP contribution < -0.4 is 10.1 Å². The Morgan fingerprint density at radius 2 is 1.61 bits per heavy atom. The Kier molecular flexibility index (Phi) is 8.21. The van der Waals surface area contributed by atoms with Gasteiger partial charge < -0.3 is 14.8 Å². The van der Waals surface area contributed by atoms with Gasteiger partial charge in [-0.1, -0.05) is 6.58 Å². The predicted molar refractivity (Wildman–Crippen MR) is 106 cm³/mol. The Hall–Kier alpha value is -3.15. The molecule has 0 fully saturated rings. The number of unbranched alkanes of at least 4 members (excludes halogenated alkanes) is 2. The van der Waals surface area contributed by atoms with Crippen LogP contribution in [0.2, 0.25) is 0 Å². The predicted octanol–water partition coefficient (Wildman–Crippen LogP) is 4.75. The molecular formula is C22H24FNO4. The molecule has 0 saturated carbocycles. The third-order valence-electron chi connectivity index (χ3n) is 3.86. The lowest BCUT2D eigenvalue weighted by Gasteiger charge is -2.08. The highest BCUT2D eigenvalue weighted by Crippen LogP contribution is 2.15. The van der Waals surface area contributed by atoms with E-state index in [0.29, 0.717) is 35.8 Å². The fraction of sp³-hybridized carbons (Fsp3) is 0.273. The van der Waals surface area contributed by atoms with Gasteiger partial charge in [-0.05, 0) is 74.7 Å². The summed E-state index contributed by atoms with van der Waals surface area (Å²) in [4.78, 5) is 23.4. The van der Waals surface area contributed by atoms with E-state index in [1.165, 1.54) is 24.3 Å². The summed E-state index contributed by atoms with van der Waals surface area (Å²) in [5.74, 6) is -0.318. The number of carbonyl (C=O) groups excluding carboxylic acids is 2. The van der Waals surface area contributed by atoms with Crippen LogP contribution in [0.5, 0.6) is 5.75 Å². The van der Waals surface area contributed by atoms with E-state index < -0.39 is 0 Å². The van der Waals surface area contributed by atoms with Gasteiger partial charge in [-0.15, -0.1) is 0 Å². The first-order valence-electron chi connectivity index (χ1n) is 9.08. The van der Waals surface area contributed by atoms with Crippen molar-refractivity contribution in [2.45, 2.75) is 26.2 Å². The van der Waals surface area contributed by atoms with E-state index in [4.69, 9.17) is 9.47 Å². The molecule has 0 heterocycles. The summed E-state index contributed by atoms with van der Waals surface area (Å²) in [6.07, 6.45) is 2.48. The first-order chi connectivity index (χ1) is 13.5. The minimum absolute atomic E-state index is 0.275. The first-order valence-corrected chi connectivity index (χ1v) is 9.08. The highest BCUT2D eigenvalue weighted by atomic mass is 19.1. The molecule has 0 unspecified atom stereocenters. The molecule has 1 amide bonds. The minimum atomic E-state index is -0.361. The lowest BCUT2D eigenvalue weighted by Crippen LogP contribution is -2.11. The van der Waals surface area contributed by atoms with Crippen LogP contribution in [0.25, 0.3) is 0 Å². The third kappa shape index (κ3) is 7.23. The van der Waals surface area contributed by atoms with Gasteiger partial charge >= 0.3 is 5.97 Å². The minimum Gasteiger partial charge on any atom is -0.494 e. The summed E-state index contributed by atoms with van der Waals surface area (Å²) in [5, 5.41) is 2.70. The summed E-state index contributed by atoms with van der Waals surface area (Å²) in [6, 6.07) is 12.4. The topological polar surface area (TPSA) is 64.6 Å². The van der Waals surface area contributed by atoms with Crippen LogP contribution in [0.4, 0.5) is 10.1 Å². The van der Waals surface area contributed by atoms with E-state index in [2.05, 4.69) is 11.9 Å². The van der Waals surface area contributed by atoms with E-state index >= 15 is 0 Å². The molecule has 0 aliphatic carbocycles. The lowest BCUT2D eigenvalue weighted by atomic mass is 10.2. The van der Waals surface area contributed by atoms with Crippen LogP contribution in [0.15, 0.2) is 60.7 Å². The molecular weight excluding hydrogens is 361 g/mol. The molecule has 0 bridgehead atoms. The van der Waals surface area contributed by atoms with Crippen LogP contribution in [-0.4, -0.2) is 25.1 Å². The second-order valence-corrected chi connectivity index (χ2v) is 6.31. The van der Waals surface area contributed by atoms with Crippen molar-refractivity contribution < 1.29 is 23.5 Å². The molecule has 6 heteroatoms. The molecule has 2 rings (SSSR count). The fourth-order valence-electron chi connectivity index (χ4n) is 2.30. The van der Waals surface area contributed by atoms with Gasteiger partial charge in [0.05, 0.1) is 13.2 Å². The molecule has 0 radical (unpaired) electrons. The smallest absolute Gasteiger partial charge is 0.333 e. The largest absolute Gasteiger partial charge is 0.494 e. The highest BCUT2D eigenvalue weighted by Gasteiger charge is 2.07. The van der Waals surface area contributed by atoms with E-state index in [0.717, 1.165) is 19.3 Å². The second-order valence-electron chi connectivity index (χ2n) is 6.31. The van der Waals surface area contributed by atoms with Crippen molar-refractivity contribution in [2.75, 3.05) is 18.5 Å². The number of rotatable bonds is 10. The highest BCUT2D eigenvalue weighted by molar-refractivity contribution is 6.04. The maximum absolute atomic E-state index is 12.9. The second kappa shape index (κ2) is 10.9. The van der Waals surface area contributed by atoms with Gasteiger partial charge in [0.25, 0.3) is 5.91 Å². The van der Waals surface area contributed by atoms with Gasteiger partial charge in [-0.2, -0.15) is 0 Å². The lowest BCUT2D eigenvalue weighted by molar-refractivity contribution is -0.139. The van der Waals surface area contributed by atoms with Crippen LogP contribution >= 0.6 is 0 Å². The summed E-state index contributed by atoms with van der Waals surface area (Å²) in [7, 11) is 0.